The molecule has 104 valence electrons. The number of halogens is 2. The molecule has 1 aliphatic heterocycles. The molecule has 0 bridgehead atoms. The third-order valence-electron chi connectivity index (χ3n) is 3.06. The summed E-state index contributed by atoms with van der Waals surface area (Å²) in [5.41, 5.74) is 0. The average molecular weight is 295 g/mol. The summed E-state index contributed by atoms with van der Waals surface area (Å²) in [6.07, 6.45) is 5.52. The summed E-state index contributed by atoms with van der Waals surface area (Å²) in [6, 6.07) is 0. The van der Waals surface area contributed by atoms with Gasteiger partial charge in [-0.15, -0.1) is 0 Å². The predicted molar refractivity (Wildman–Crippen MR) is 73.5 cm³/mol. The zero-order valence-corrected chi connectivity index (χ0v) is 11.3. The Morgan fingerprint density at radius 1 is 0.800 bits per heavy atom. The van der Waals surface area contributed by atoms with Gasteiger partial charge in [0.25, 0.3) is 0 Å². The van der Waals surface area contributed by atoms with E-state index >= 15 is 0 Å². The van der Waals surface area contributed by atoms with E-state index in [1.807, 2.05) is 4.90 Å². The number of hydrogen-bond acceptors (Lipinski definition) is 6. The van der Waals surface area contributed by atoms with Gasteiger partial charge in [-0.2, -0.15) is 0 Å². The molecule has 0 amide bonds. The van der Waals surface area contributed by atoms with E-state index in [0.717, 1.165) is 26.2 Å². The summed E-state index contributed by atoms with van der Waals surface area (Å²) >= 11 is 5.77. The van der Waals surface area contributed by atoms with E-state index in [2.05, 4.69) is 24.8 Å². The lowest BCUT2D eigenvalue weighted by molar-refractivity contribution is 0.600. The SMILES string of the molecule is Fc1cnc(N2CCN(c3ncc(Cl)cn3)CC2)nc1. The first-order valence-electron chi connectivity index (χ1n) is 6.17. The normalized spacial score (nSPS) is 15.5. The molecule has 1 fully saturated rings. The van der Waals surface area contributed by atoms with Crippen LogP contribution in [0.2, 0.25) is 5.02 Å². The number of rotatable bonds is 2. The Balaban J connectivity index is 1.64. The van der Waals surface area contributed by atoms with E-state index < -0.39 is 5.82 Å². The molecule has 2 aromatic rings. The first-order chi connectivity index (χ1) is 9.72. The Morgan fingerprint density at radius 2 is 1.20 bits per heavy atom. The van der Waals surface area contributed by atoms with Gasteiger partial charge < -0.3 is 9.80 Å². The topological polar surface area (TPSA) is 58.0 Å². The zero-order valence-electron chi connectivity index (χ0n) is 10.6. The van der Waals surface area contributed by atoms with Crippen LogP contribution < -0.4 is 9.80 Å². The van der Waals surface area contributed by atoms with Crippen LogP contribution in [0.5, 0.6) is 0 Å². The summed E-state index contributed by atoms with van der Waals surface area (Å²) in [6.45, 7) is 2.97. The quantitative estimate of drug-likeness (QED) is 0.834. The smallest absolute Gasteiger partial charge is 0.225 e. The summed E-state index contributed by atoms with van der Waals surface area (Å²) in [5, 5.41) is 0.520. The highest BCUT2D eigenvalue weighted by Gasteiger charge is 2.20. The maximum absolute atomic E-state index is 12.8. The van der Waals surface area contributed by atoms with Crippen molar-refractivity contribution < 1.29 is 4.39 Å². The second-order valence-corrected chi connectivity index (χ2v) is 4.81. The van der Waals surface area contributed by atoms with Gasteiger partial charge in [0.1, 0.15) is 0 Å². The van der Waals surface area contributed by atoms with Gasteiger partial charge in [0.2, 0.25) is 11.9 Å². The fraction of sp³-hybridized carbons (Fsp3) is 0.333. The van der Waals surface area contributed by atoms with E-state index in [0.29, 0.717) is 16.9 Å². The highest BCUT2D eigenvalue weighted by Crippen LogP contribution is 2.15. The van der Waals surface area contributed by atoms with Gasteiger partial charge in [-0.05, 0) is 0 Å². The molecule has 8 heteroatoms. The Labute approximate surface area is 120 Å². The molecule has 0 spiro atoms. The van der Waals surface area contributed by atoms with Gasteiger partial charge in [-0.25, -0.2) is 24.3 Å². The average Bonchev–Trinajstić information content (AvgIpc) is 2.49. The van der Waals surface area contributed by atoms with Crippen LogP contribution in [0.4, 0.5) is 16.3 Å². The zero-order chi connectivity index (χ0) is 13.9. The lowest BCUT2D eigenvalue weighted by Crippen LogP contribution is -2.47. The maximum atomic E-state index is 12.8. The predicted octanol–water partition coefficient (Wildman–Crippen LogP) is 1.39. The number of anilines is 2. The molecule has 1 aliphatic rings. The molecule has 2 aromatic heterocycles. The van der Waals surface area contributed by atoms with Crippen molar-refractivity contribution in [3.05, 3.63) is 35.6 Å². The molecule has 0 N–H and O–H groups in total. The first kappa shape index (κ1) is 13.0. The summed E-state index contributed by atoms with van der Waals surface area (Å²) in [5.74, 6) is 0.777. The van der Waals surface area contributed by atoms with Gasteiger partial charge in [0.15, 0.2) is 5.82 Å². The third kappa shape index (κ3) is 2.77. The monoisotopic (exact) mass is 294 g/mol. The Hall–Kier alpha value is -2.02. The molecule has 1 saturated heterocycles. The van der Waals surface area contributed by atoms with Crippen molar-refractivity contribution in [2.45, 2.75) is 0 Å². The van der Waals surface area contributed by atoms with Crippen LogP contribution in [-0.2, 0) is 0 Å². The van der Waals surface area contributed by atoms with Crippen LogP contribution in [0.25, 0.3) is 0 Å². The number of nitrogens with zero attached hydrogens (tertiary/aromatic N) is 6. The fourth-order valence-corrected chi connectivity index (χ4v) is 2.14. The van der Waals surface area contributed by atoms with Gasteiger partial charge in [-0.3, -0.25) is 0 Å². The molecular weight excluding hydrogens is 283 g/mol. The number of aromatic nitrogens is 4. The third-order valence-corrected chi connectivity index (χ3v) is 3.25. The fourth-order valence-electron chi connectivity index (χ4n) is 2.04. The molecule has 6 nitrogen and oxygen atoms in total. The number of hydrogen-bond donors (Lipinski definition) is 0. The minimum absolute atomic E-state index is 0.429. The molecule has 0 saturated carbocycles. The van der Waals surface area contributed by atoms with Crippen LogP contribution >= 0.6 is 11.6 Å². The lowest BCUT2D eigenvalue weighted by atomic mass is 10.3. The Bertz CT molecular complexity index is 514. The second-order valence-electron chi connectivity index (χ2n) is 4.38. The second kappa shape index (κ2) is 5.54. The Kier molecular flexibility index (Phi) is 3.60. The van der Waals surface area contributed by atoms with E-state index in [1.165, 1.54) is 12.4 Å². The minimum Gasteiger partial charge on any atom is -0.337 e. The van der Waals surface area contributed by atoms with Crippen molar-refractivity contribution in [2.24, 2.45) is 0 Å². The van der Waals surface area contributed by atoms with Crippen LogP contribution in [0.15, 0.2) is 24.8 Å². The van der Waals surface area contributed by atoms with Gasteiger partial charge in [0, 0.05) is 26.2 Å². The molecule has 0 aromatic carbocycles. The van der Waals surface area contributed by atoms with Crippen molar-refractivity contribution in [3.8, 4) is 0 Å². The highest BCUT2D eigenvalue weighted by atomic mass is 35.5. The molecule has 0 unspecified atom stereocenters. The summed E-state index contributed by atoms with van der Waals surface area (Å²) in [4.78, 5) is 20.4. The van der Waals surface area contributed by atoms with Gasteiger partial charge in [-0.1, -0.05) is 11.6 Å². The van der Waals surface area contributed by atoms with Crippen LogP contribution in [0.1, 0.15) is 0 Å². The first-order valence-corrected chi connectivity index (χ1v) is 6.55. The molecule has 0 aliphatic carbocycles. The van der Waals surface area contributed by atoms with E-state index in [9.17, 15) is 4.39 Å². The molecule has 20 heavy (non-hydrogen) atoms. The Morgan fingerprint density at radius 3 is 1.65 bits per heavy atom. The van der Waals surface area contributed by atoms with Crippen molar-refractivity contribution in [1.29, 1.82) is 0 Å². The van der Waals surface area contributed by atoms with Crippen LogP contribution in [0.3, 0.4) is 0 Å². The highest BCUT2D eigenvalue weighted by molar-refractivity contribution is 6.30. The van der Waals surface area contributed by atoms with Crippen LogP contribution in [-0.4, -0.2) is 46.1 Å². The molecule has 3 heterocycles. The van der Waals surface area contributed by atoms with Crippen molar-refractivity contribution in [2.75, 3.05) is 36.0 Å². The van der Waals surface area contributed by atoms with Gasteiger partial charge in [0.05, 0.1) is 29.8 Å². The van der Waals surface area contributed by atoms with E-state index in [4.69, 9.17) is 11.6 Å². The lowest BCUT2D eigenvalue weighted by Gasteiger charge is -2.34. The molecule has 0 radical (unpaired) electrons. The molecule has 0 atom stereocenters. The van der Waals surface area contributed by atoms with E-state index in [1.54, 1.807) is 12.4 Å². The maximum Gasteiger partial charge on any atom is 0.225 e. The molecular formula is C12H12ClFN6. The van der Waals surface area contributed by atoms with Crippen molar-refractivity contribution in [3.63, 3.8) is 0 Å². The minimum atomic E-state index is -0.429. The van der Waals surface area contributed by atoms with Gasteiger partial charge >= 0.3 is 0 Å². The molecule has 3 rings (SSSR count). The standard InChI is InChI=1S/C12H12ClFN6/c13-9-5-15-11(16-6-9)19-1-3-20(4-2-19)12-17-7-10(14)8-18-12/h5-8H,1-4H2. The van der Waals surface area contributed by atoms with Crippen molar-refractivity contribution >= 4 is 23.5 Å². The number of piperazine rings is 1. The summed E-state index contributed by atoms with van der Waals surface area (Å²) in [7, 11) is 0. The summed E-state index contributed by atoms with van der Waals surface area (Å²) < 4.78 is 12.8. The largest absolute Gasteiger partial charge is 0.337 e. The van der Waals surface area contributed by atoms with Crippen molar-refractivity contribution in [1.82, 2.24) is 19.9 Å². The van der Waals surface area contributed by atoms with Crippen LogP contribution in [0, 0.1) is 5.82 Å². The van der Waals surface area contributed by atoms with E-state index in [-0.39, 0.29) is 0 Å².